The number of amides is 1. The van der Waals surface area contributed by atoms with Crippen LogP contribution in [-0.2, 0) is 9.53 Å². The minimum atomic E-state index is -0.259. The summed E-state index contributed by atoms with van der Waals surface area (Å²) in [5, 5.41) is 6.90. The number of hydrogen-bond acceptors (Lipinski definition) is 5. The predicted molar refractivity (Wildman–Crippen MR) is 113 cm³/mol. The molecule has 2 atom stereocenters. The lowest BCUT2D eigenvalue weighted by Crippen LogP contribution is -2.42. The molecule has 1 saturated heterocycles. The topological polar surface area (TPSA) is 72.1 Å². The largest absolute Gasteiger partial charge is 0.493 e. The number of para-hydroxylation sites is 1. The summed E-state index contributed by atoms with van der Waals surface area (Å²) in [6.07, 6.45) is 0. The molecule has 0 radical (unpaired) electrons. The first-order valence-corrected chi connectivity index (χ1v) is 9.86. The van der Waals surface area contributed by atoms with Crippen LogP contribution in [0.5, 0.6) is 11.5 Å². The Kier molecular flexibility index (Phi) is 8.32. The van der Waals surface area contributed by atoms with E-state index >= 15 is 0 Å². The number of rotatable bonds is 8. The summed E-state index contributed by atoms with van der Waals surface area (Å²) < 4.78 is 16.1. The van der Waals surface area contributed by atoms with E-state index in [2.05, 4.69) is 15.5 Å². The van der Waals surface area contributed by atoms with Crippen LogP contribution in [0.15, 0.2) is 18.2 Å². The molecule has 7 nitrogen and oxygen atoms in total. The van der Waals surface area contributed by atoms with E-state index in [4.69, 9.17) is 26.4 Å². The fourth-order valence-corrected chi connectivity index (χ4v) is 3.88. The fraction of sp³-hybridized carbons (Fsp3) is 0.600. The predicted octanol–water partition coefficient (Wildman–Crippen LogP) is 1.76. The lowest BCUT2D eigenvalue weighted by molar-refractivity contribution is -0.125. The number of hydrogen-bond donors (Lipinski definition) is 2. The molecule has 2 unspecified atom stereocenters. The van der Waals surface area contributed by atoms with Gasteiger partial charge in [-0.1, -0.05) is 12.1 Å². The molecule has 1 amide bonds. The van der Waals surface area contributed by atoms with Crippen LogP contribution in [-0.4, -0.2) is 69.5 Å². The zero-order valence-corrected chi connectivity index (χ0v) is 18.1. The number of benzene rings is 1. The molecule has 1 aromatic rings. The molecule has 1 heterocycles. The van der Waals surface area contributed by atoms with E-state index in [1.165, 1.54) is 0 Å². The summed E-state index contributed by atoms with van der Waals surface area (Å²) in [6.45, 7) is 6.21. The van der Waals surface area contributed by atoms with Crippen LogP contribution in [0.1, 0.15) is 25.3 Å². The summed E-state index contributed by atoms with van der Waals surface area (Å²) in [5.74, 6) is 0.972. The van der Waals surface area contributed by atoms with Crippen molar-refractivity contribution < 1.29 is 19.0 Å². The van der Waals surface area contributed by atoms with Gasteiger partial charge in [-0.3, -0.25) is 4.79 Å². The number of methoxy groups -OCH3 is 3. The van der Waals surface area contributed by atoms with Gasteiger partial charge in [0.2, 0.25) is 5.91 Å². The quantitative estimate of drug-likeness (QED) is 0.501. The molecule has 8 heteroatoms. The van der Waals surface area contributed by atoms with Crippen LogP contribution >= 0.6 is 12.2 Å². The van der Waals surface area contributed by atoms with Gasteiger partial charge >= 0.3 is 0 Å². The number of carbonyl (C=O) groups excluding carboxylic acids is 1. The Morgan fingerprint density at radius 2 is 2.00 bits per heavy atom. The molecule has 0 spiro atoms. The molecule has 1 fully saturated rings. The average molecular weight is 410 g/mol. The first-order chi connectivity index (χ1) is 13.4. The molecule has 1 aliphatic heterocycles. The monoisotopic (exact) mass is 409 g/mol. The first kappa shape index (κ1) is 22.2. The second-order valence-electron chi connectivity index (χ2n) is 7.09. The molecule has 0 aromatic heterocycles. The zero-order chi connectivity index (χ0) is 20.7. The van der Waals surface area contributed by atoms with Crippen LogP contribution in [0.25, 0.3) is 0 Å². The normalized spacial score (nSPS) is 18.9. The van der Waals surface area contributed by atoms with Gasteiger partial charge in [0.1, 0.15) is 0 Å². The number of thiocarbonyl (C=S) groups is 1. The van der Waals surface area contributed by atoms with Crippen LogP contribution in [0.3, 0.4) is 0 Å². The van der Waals surface area contributed by atoms with E-state index < -0.39 is 0 Å². The lowest BCUT2D eigenvalue weighted by Gasteiger charge is -2.23. The van der Waals surface area contributed by atoms with Crippen LogP contribution in [0, 0.1) is 5.92 Å². The lowest BCUT2D eigenvalue weighted by atomic mass is 9.87. The van der Waals surface area contributed by atoms with Gasteiger partial charge in [-0.2, -0.15) is 0 Å². The van der Waals surface area contributed by atoms with Gasteiger partial charge in [0.25, 0.3) is 0 Å². The van der Waals surface area contributed by atoms with Gasteiger partial charge in [-0.15, -0.1) is 0 Å². The zero-order valence-electron chi connectivity index (χ0n) is 17.3. The summed E-state index contributed by atoms with van der Waals surface area (Å²) in [6, 6.07) is 5.99. The molecular weight excluding hydrogens is 378 g/mol. The van der Waals surface area contributed by atoms with E-state index in [0.29, 0.717) is 42.9 Å². The van der Waals surface area contributed by atoms with Gasteiger partial charge in [-0.05, 0) is 32.1 Å². The molecule has 1 aliphatic rings. The highest BCUT2D eigenvalue weighted by atomic mass is 32.1. The number of carbonyl (C=O) groups is 1. The Hall–Kier alpha value is -2.06. The molecule has 1 aromatic carbocycles. The summed E-state index contributed by atoms with van der Waals surface area (Å²) in [5.41, 5.74) is 0.948. The van der Waals surface area contributed by atoms with Crippen molar-refractivity contribution in [3.05, 3.63) is 23.8 Å². The van der Waals surface area contributed by atoms with Crippen molar-refractivity contribution in [2.24, 2.45) is 5.92 Å². The maximum absolute atomic E-state index is 12.9. The van der Waals surface area contributed by atoms with Gasteiger partial charge in [-0.25, -0.2) is 0 Å². The average Bonchev–Trinajstić information content (AvgIpc) is 3.12. The molecule has 2 rings (SSSR count). The van der Waals surface area contributed by atoms with E-state index in [0.717, 1.165) is 5.56 Å². The summed E-state index contributed by atoms with van der Waals surface area (Å²) >= 11 is 5.56. The van der Waals surface area contributed by atoms with Crippen LogP contribution < -0.4 is 20.1 Å². The van der Waals surface area contributed by atoms with Gasteiger partial charge < -0.3 is 29.7 Å². The van der Waals surface area contributed by atoms with Crippen molar-refractivity contribution in [3.63, 3.8) is 0 Å². The summed E-state index contributed by atoms with van der Waals surface area (Å²) in [4.78, 5) is 15.0. The number of likely N-dealkylation sites (tertiary alicyclic amines) is 1. The second kappa shape index (κ2) is 10.5. The minimum Gasteiger partial charge on any atom is -0.493 e. The number of ether oxygens (including phenoxy) is 3. The first-order valence-electron chi connectivity index (χ1n) is 9.45. The third kappa shape index (κ3) is 5.26. The molecule has 2 N–H and O–H groups in total. The summed E-state index contributed by atoms with van der Waals surface area (Å²) in [7, 11) is 4.84. The molecular formula is C20H31N3O4S. The van der Waals surface area contributed by atoms with E-state index in [9.17, 15) is 4.79 Å². The maximum Gasteiger partial charge on any atom is 0.225 e. The highest BCUT2D eigenvalue weighted by molar-refractivity contribution is 7.80. The fourth-order valence-electron chi connectivity index (χ4n) is 3.50. The third-order valence-corrected chi connectivity index (χ3v) is 5.17. The van der Waals surface area contributed by atoms with E-state index in [1.54, 1.807) is 21.3 Å². The molecule has 0 saturated carbocycles. The smallest absolute Gasteiger partial charge is 0.225 e. The van der Waals surface area contributed by atoms with E-state index in [1.807, 2.05) is 32.0 Å². The standard InChI is InChI=1S/C20H31N3O4S/c1-13(2)22-20(28)23-11-15(16(12-23)19(24)21-9-10-25-3)14-7-6-8-17(26-4)18(14)27-5/h6-8,13,15-16H,9-12H2,1-5H3,(H,21,24)(H,22,28). The van der Waals surface area contributed by atoms with Crippen molar-refractivity contribution >= 4 is 23.2 Å². The van der Waals surface area contributed by atoms with Crippen molar-refractivity contribution in [2.45, 2.75) is 25.8 Å². The van der Waals surface area contributed by atoms with E-state index in [-0.39, 0.29) is 23.8 Å². The Balaban J connectivity index is 2.31. The van der Waals surface area contributed by atoms with Crippen molar-refractivity contribution in [1.29, 1.82) is 0 Å². The second-order valence-corrected chi connectivity index (χ2v) is 7.48. The Labute approximate surface area is 172 Å². The van der Waals surface area contributed by atoms with Gasteiger partial charge in [0, 0.05) is 44.3 Å². The van der Waals surface area contributed by atoms with Crippen molar-refractivity contribution in [2.75, 3.05) is 47.6 Å². The molecule has 0 bridgehead atoms. The Morgan fingerprint density at radius 1 is 1.25 bits per heavy atom. The van der Waals surface area contributed by atoms with Crippen molar-refractivity contribution in [1.82, 2.24) is 15.5 Å². The molecule has 28 heavy (non-hydrogen) atoms. The van der Waals surface area contributed by atoms with Gasteiger partial charge in [0.15, 0.2) is 16.6 Å². The minimum absolute atomic E-state index is 0.0123. The molecule has 0 aliphatic carbocycles. The van der Waals surface area contributed by atoms with Crippen LogP contribution in [0.2, 0.25) is 0 Å². The van der Waals surface area contributed by atoms with Gasteiger partial charge in [0.05, 0.1) is 26.7 Å². The number of nitrogens with one attached hydrogen (secondary N) is 2. The number of nitrogens with zero attached hydrogens (tertiary/aromatic N) is 1. The highest BCUT2D eigenvalue weighted by Gasteiger charge is 2.41. The third-order valence-electron chi connectivity index (χ3n) is 4.79. The van der Waals surface area contributed by atoms with Crippen molar-refractivity contribution in [3.8, 4) is 11.5 Å². The Morgan fingerprint density at radius 3 is 2.61 bits per heavy atom. The SMILES string of the molecule is COCCNC(=O)C1CN(C(=S)NC(C)C)CC1c1cccc(OC)c1OC. The van der Waals surface area contributed by atoms with Crippen LogP contribution in [0.4, 0.5) is 0 Å². The maximum atomic E-state index is 12.9. The highest BCUT2D eigenvalue weighted by Crippen LogP contribution is 2.41. The Bertz CT molecular complexity index is 683. The molecule has 156 valence electrons.